The highest BCUT2D eigenvalue weighted by Gasteiger charge is 2.44. The first-order valence-corrected chi connectivity index (χ1v) is 28.5. The molecule has 0 aromatic carbocycles. The van der Waals surface area contributed by atoms with Gasteiger partial charge >= 0.3 is 0 Å². The minimum atomic E-state index is -1.57. The van der Waals surface area contributed by atoms with E-state index < -0.39 is 49.5 Å². The summed E-state index contributed by atoms with van der Waals surface area (Å²) in [5.74, 6) is -0.185. The number of unbranched alkanes of at least 4 members (excludes halogenated alkanes) is 30. The molecule has 0 saturated carbocycles. The van der Waals surface area contributed by atoms with Gasteiger partial charge in [0.1, 0.15) is 24.4 Å². The van der Waals surface area contributed by atoms with Crippen molar-refractivity contribution in [1.29, 1.82) is 0 Å². The van der Waals surface area contributed by atoms with Gasteiger partial charge in [-0.15, -0.1) is 0 Å². The number of allylic oxidation sites excluding steroid dienone is 9. The predicted molar refractivity (Wildman–Crippen MR) is 286 cm³/mol. The van der Waals surface area contributed by atoms with Crippen LogP contribution in [0.1, 0.15) is 251 Å². The molecule has 1 aliphatic heterocycles. The highest BCUT2D eigenvalue weighted by molar-refractivity contribution is 5.76. The molecule has 7 atom stereocenters. The topological polar surface area (TPSA) is 149 Å². The molecule has 9 heteroatoms. The maximum Gasteiger partial charge on any atom is 0.220 e. The van der Waals surface area contributed by atoms with Crippen molar-refractivity contribution in [3.05, 3.63) is 60.8 Å². The van der Waals surface area contributed by atoms with Gasteiger partial charge in [-0.05, 0) is 57.8 Å². The maximum atomic E-state index is 13.0. The van der Waals surface area contributed by atoms with Gasteiger partial charge in [-0.2, -0.15) is 0 Å². The Balaban J connectivity index is 2.25. The summed E-state index contributed by atoms with van der Waals surface area (Å²) < 4.78 is 11.3. The summed E-state index contributed by atoms with van der Waals surface area (Å²) >= 11 is 0. The van der Waals surface area contributed by atoms with Crippen LogP contribution in [0.15, 0.2) is 60.8 Å². The standard InChI is InChI=1S/C59H107NO8/c1-3-5-7-9-11-13-15-17-19-21-23-25-26-27-29-30-32-34-36-38-40-42-44-46-48-53(62)52(51-67-59-58(66)57(65)56(64)54(50-61)68-59)60-55(63)49-47-45-43-41-39-37-35-33-31-28-24-22-20-18-16-14-12-10-8-6-4-2/h6,8,12,14,18,20,24,28,46,48,52-54,56-59,61-62,64-66H,3-5,7,9-11,13,15-17,19,21-23,25-27,29-45,47,49-51H2,1-2H3,(H,60,63)/b8-6-,14-12-,20-18-,28-24-,48-46+. The number of amides is 1. The Morgan fingerprint density at radius 2 is 0.912 bits per heavy atom. The van der Waals surface area contributed by atoms with Gasteiger partial charge in [-0.25, -0.2) is 0 Å². The van der Waals surface area contributed by atoms with E-state index in [-0.39, 0.29) is 12.5 Å². The first kappa shape index (κ1) is 63.9. The summed E-state index contributed by atoms with van der Waals surface area (Å²) in [6.07, 6.45) is 58.5. The molecule has 1 saturated heterocycles. The Morgan fingerprint density at radius 3 is 1.35 bits per heavy atom. The summed E-state index contributed by atoms with van der Waals surface area (Å²) in [5.41, 5.74) is 0. The van der Waals surface area contributed by atoms with Gasteiger partial charge in [0.15, 0.2) is 6.29 Å². The number of hydrogen-bond acceptors (Lipinski definition) is 8. The Labute approximate surface area is 417 Å². The first-order valence-electron chi connectivity index (χ1n) is 28.5. The molecule has 9 nitrogen and oxygen atoms in total. The first-order chi connectivity index (χ1) is 33.3. The molecule has 0 aromatic heterocycles. The molecule has 6 N–H and O–H groups in total. The van der Waals surface area contributed by atoms with Gasteiger partial charge in [0, 0.05) is 6.42 Å². The lowest BCUT2D eigenvalue weighted by molar-refractivity contribution is -0.302. The highest BCUT2D eigenvalue weighted by Crippen LogP contribution is 2.23. The molecule has 0 radical (unpaired) electrons. The number of carbonyl (C=O) groups is 1. The fraction of sp³-hybridized carbons (Fsp3) is 0.814. The third-order valence-electron chi connectivity index (χ3n) is 13.3. The average molecular weight is 959 g/mol. The number of hydrogen-bond donors (Lipinski definition) is 6. The monoisotopic (exact) mass is 958 g/mol. The summed E-state index contributed by atoms with van der Waals surface area (Å²) in [5, 5.41) is 54.5. The second-order valence-corrected chi connectivity index (χ2v) is 19.7. The van der Waals surface area contributed by atoms with E-state index in [9.17, 15) is 30.3 Å². The van der Waals surface area contributed by atoms with Crippen LogP contribution in [0.25, 0.3) is 0 Å². The minimum Gasteiger partial charge on any atom is -0.394 e. The lowest BCUT2D eigenvalue weighted by Gasteiger charge is -2.40. The smallest absolute Gasteiger partial charge is 0.220 e. The molecule has 0 aromatic rings. The number of carbonyl (C=O) groups excluding carboxylic acids is 1. The zero-order valence-electron chi connectivity index (χ0n) is 43.9. The molecule has 1 fully saturated rings. The predicted octanol–water partition coefficient (Wildman–Crippen LogP) is 13.9. The van der Waals surface area contributed by atoms with Crippen molar-refractivity contribution in [2.24, 2.45) is 0 Å². The third-order valence-corrected chi connectivity index (χ3v) is 13.3. The Kier molecular flexibility index (Phi) is 45.6. The van der Waals surface area contributed by atoms with Crippen molar-refractivity contribution in [3.8, 4) is 0 Å². The van der Waals surface area contributed by atoms with Crippen LogP contribution in [0.4, 0.5) is 0 Å². The SMILES string of the molecule is CC/C=C\C/C=C\C/C=C\C/C=C\CCCCCCCCCCC(=O)NC(COC1OC(CO)C(O)C(O)C1O)C(O)/C=C/CCCCCCCCCCCCCCCCCCCCCCCC. The number of rotatable bonds is 48. The second-order valence-electron chi connectivity index (χ2n) is 19.7. The average Bonchev–Trinajstić information content (AvgIpc) is 3.34. The second kappa shape index (κ2) is 48.5. The fourth-order valence-corrected chi connectivity index (χ4v) is 8.85. The van der Waals surface area contributed by atoms with Gasteiger partial charge in [0.25, 0.3) is 0 Å². The lowest BCUT2D eigenvalue weighted by Crippen LogP contribution is -2.60. The van der Waals surface area contributed by atoms with Gasteiger partial charge < -0.3 is 40.3 Å². The van der Waals surface area contributed by atoms with E-state index in [0.717, 1.165) is 77.0 Å². The summed E-state index contributed by atoms with van der Waals surface area (Å²) in [4.78, 5) is 13.0. The van der Waals surface area contributed by atoms with E-state index in [4.69, 9.17) is 9.47 Å². The van der Waals surface area contributed by atoms with Crippen molar-refractivity contribution < 1.29 is 39.8 Å². The van der Waals surface area contributed by atoms with Crippen LogP contribution in [-0.2, 0) is 14.3 Å². The summed E-state index contributed by atoms with van der Waals surface area (Å²) in [6, 6.07) is -0.813. The van der Waals surface area contributed by atoms with Crippen LogP contribution in [0, 0.1) is 0 Å². The molecule has 1 aliphatic rings. The van der Waals surface area contributed by atoms with E-state index >= 15 is 0 Å². The third kappa shape index (κ3) is 37.7. The summed E-state index contributed by atoms with van der Waals surface area (Å²) in [7, 11) is 0. The van der Waals surface area contributed by atoms with Crippen molar-refractivity contribution in [2.45, 2.75) is 294 Å². The van der Waals surface area contributed by atoms with Gasteiger partial charge in [0.05, 0.1) is 25.4 Å². The zero-order valence-corrected chi connectivity index (χ0v) is 43.9. The molecule has 1 heterocycles. The number of aliphatic hydroxyl groups is 5. The van der Waals surface area contributed by atoms with E-state index in [1.807, 2.05) is 6.08 Å². The quantitative estimate of drug-likeness (QED) is 0.0261. The molecule has 0 bridgehead atoms. The Bertz CT molecular complexity index is 1250. The fourth-order valence-electron chi connectivity index (χ4n) is 8.85. The van der Waals surface area contributed by atoms with Crippen molar-refractivity contribution in [1.82, 2.24) is 5.32 Å². The zero-order chi connectivity index (χ0) is 49.4. The molecule has 7 unspecified atom stereocenters. The Hall–Kier alpha value is -2.11. The lowest BCUT2D eigenvalue weighted by atomic mass is 9.99. The van der Waals surface area contributed by atoms with Crippen LogP contribution in [0.3, 0.4) is 0 Å². The van der Waals surface area contributed by atoms with Gasteiger partial charge in [-0.3, -0.25) is 4.79 Å². The van der Waals surface area contributed by atoms with Crippen LogP contribution in [-0.4, -0.2) is 87.5 Å². The highest BCUT2D eigenvalue weighted by atomic mass is 16.7. The number of nitrogens with one attached hydrogen (secondary N) is 1. The van der Waals surface area contributed by atoms with E-state index in [1.54, 1.807) is 6.08 Å². The van der Waals surface area contributed by atoms with Crippen molar-refractivity contribution in [3.63, 3.8) is 0 Å². The minimum absolute atomic E-state index is 0.185. The molecular formula is C59H107NO8. The van der Waals surface area contributed by atoms with Crippen molar-refractivity contribution in [2.75, 3.05) is 13.2 Å². The number of ether oxygens (including phenoxy) is 2. The van der Waals surface area contributed by atoms with Crippen LogP contribution < -0.4 is 5.32 Å². The number of aliphatic hydroxyl groups excluding tert-OH is 5. The van der Waals surface area contributed by atoms with Crippen LogP contribution in [0.2, 0.25) is 0 Å². The molecule has 396 valence electrons. The molecular weight excluding hydrogens is 851 g/mol. The van der Waals surface area contributed by atoms with Crippen LogP contribution in [0.5, 0.6) is 0 Å². The summed E-state index contributed by atoms with van der Waals surface area (Å²) in [6.45, 7) is 3.68. The van der Waals surface area contributed by atoms with Gasteiger partial charge in [0.2, 0.25) is 5.91 Å². The van der Waals surface area contributed by atoms with E-state index in [2.05, 4.69) is 67.8 Å². The molecule has 0 aliphatic carbocycles. The molecule has 68 heavy (non-hydrogen) atoms. The van der Waals surface area contributed by atoms with Gasteiger partial charge in [-0.1, -0.05) is 248 Å². The normalized spacial score (nSPS) is 20.0. The molecule has 0 spiro atoms. The molecule has 1 rings (SSSR count). The largest absolute Gasteiger partial charge is 0.394 e. The maximum absolute atomic E-state index is 13.0. The van der Waals surface area contributed by atoms with E-state index in [0.29, 0.717) is 6.42 Å². The van der Waals surface area contributed by atoms with Crippen molar-refractivity contribution >= 4 is 5.91 Å². The Morgan fingerprint density at radius 1 is 0.515 bits per heavy atom. The molecule has 1 amide bonds. The van der Waals surface area contributed by atoms with E-state index in [1.165, 1.54) is 154 Å². The van der Waals surface area contributed by atoms with Crippen LogP contribution >= 0.6 is 0 Å².